The Hall–Kier alpha value is -1.95. The number of aryl methyl sites for hydroxylation is 1. The fourth-order valence-corrected chi connectivity index (χ4v) is 1.57. The molecule has 5 nitrogen and oxygen atoms in total. The van der Waals surface area contributed by atoms with Gasteiger partial charge in [-0.15, -0.1) is 0 Å². The molecule has 0 saturated carbocycles. The van der Waals surface area contributed by atoms with Crippen molar-refractivity contribution in [2.24, 2.45) is 0 Å². The van der Waals surface area contributed by atoms with Crippen molar-refractivity contribution in [2.75, 3.05) is 0 Å². The molecule has 1 atom stereocenters. The Morgan fingerprint density at radius 3 is 2.84 bits per heavy atom. The molecule has 1 heterocycles. The van der Waals surface area contributed by atoms with Crippen molar-refractivity contribution in [1.29, 1.82) is 0 Å². The van der Waals surface area contributed by atoms with Crippen LogP contribution in [0.5, 0.6) is 5.75 Å². The third-order valence-corrected chi connectivity index (χ3v) is 2.61. The molecular weight excluding hydrogens is 251 g/mol. The maximum Gasteiger partial charge on any atom is 0.264 e. The van der Waals surface area contributed by atoms with Gasteiger partial charge in [0.15, 0.2) is 12.4 Å². The van der Waals surface area contributed by atoms with E-state index in [0.29, 0.717) is 23.9 Å². The van der Waals surface area contributed by atoms with E-state index < -0.39 is 11.9 Å². The lowest BCUT2D eigenvalue weighted by molar-refractivity contribution is 0.193. The standard InChI is InChI=1S/C13H15FN2O3/c1-3-12-15-13(19-16-12)7-18-9-4-5-10(8(2)17)11(14)6-9/h4-6,8,17H,3,7H2,1-2H3/t8-/m0/s1. The minimum absolute atomic E-state index is 0.0838. The van der Waals surface area contributed by atoms with Crippen molar-refractivity contribution in [3.63, 3.8) is 0 Å². The first-order valence-electron chi connectivity index (χ1n) is 6.02. The molecule has 0 aliphatic carbocycles. The summed E-state index contributed by atoms with van der Waals surface area (Å²) < 4.78 is 23.9. The van der Waals surface area contributed by atoms with Crippen molar-refractivity contribution in [1.82, 2.24) is 10.1 Å². The smallest absolute Gasteiger partial charge is 0.264 e. The maximum absolute atomic E-state index is 13.6. The number of benzene rings is 1. The van der Waals surface area contributed by atoms with Gasteiger partial charge < -0.3 is 14.4 Å². The summed E-state index contributed by atoms with van der Waals surface area (Å²) in [5.74, 6) is 0.788. The molecule has 102 valence electrons. The Labute approximate surface area is 110 Å². The van der Waals surface area contributed by atoms with E-state index in [1.54, 1.807) is 6.07 Å². The zero-order chi connectivity index (χ0) is 13.8. The zero-order valence-corrected chi connectivity index (χ0v) is 10.8. The van der Waals surface area contributed by atoms with Crippen molar-refractivity contribution in [3.05, 3.63) is 41.3 Å². The second-order valence-electron chi connectivity index (χ2n) is 4.11. The molecule has 2 rings (SSSR count). The SMILES string of the molecule is CCc1noc(COc2ccc([C@H](C)O)c(F)c2)n1. The Morgan fingerprint density at radius 2 is 2.26 bits per heavy atom. The maximum atomic E-state index is 13.6. The fraction of sp³-hybridized carbons (Fsp3) is 0.385. The largest absolute Gasteiger partial charge is 0.484 e. The van der Waals surface area contributed by atoms with Crippen molar-refractivity contribution >= 4 is 0 Å². The summed E-state index contributed by atoms with van der Waals surface area (Å²) in [5.41, 5.74) is 0.235. The molecule has 1 N–H and O–H groups in total. The van der Waals surface area contributed by atoms with Gasteiger partial charge in [0, 0.05) is 18.1 Å². The molecule has 0 bridgehead atoms. The molecular formula is C13H15FN2O3. The second-order valence-corrected chi connectivity index (χ2v) is 4.11. The van der Waals surface area contributed by atoms with Crippen LogP contribution in [-0.4, -0.2) is 15.2 Å². The number of halogens is 1. The molecule has 0 aliphatic rings. The number of ether oxygens (including phenoxy) is 1. The third-order valence-electron chi connectivity index (χ3n) is 2.61. The number of rotatable bonds is 5. The lowest BCUT2D eigenvalue weighted by Gasteiger charge is -2.08. The summed E-state index contributed by atoms with van der Waals surface area (Å²) in [6.07, 6.45) is -0.168. The van der Waals surface area contributed by atoms with Crippen LogP contribution in [0.2, 0.25) is 0 Å². The molecule has 0 amide bonds. The lowest BCUT2D eigenvalue weighted by atomic mass is 10.1. The molecule has 6 heteroatoms. The van der Waals surface area contributed by atoms with Gasteiger partial charge in [-0.25, -0.2) is 4.39 Å². The average Bonchev–Trinajstić information content (AvgIpc) is 2.84. The van der Waals surface area contributed by atoms with E-state index in [1.165, 1.54) is 19.1 Å². The minimum atomic E-state index is -0.850. The highest BCUT2D eigenvalue weighted by Crippen LogP contribution is 2.22. The number of aliphatic hydroxyl groups is 1. The number of aromatic nitrogens is 2. The predicted molar refractivity (Wildman–Crippen MR) is 65.0 cm³/mol. The van der Waals surface area contributed by atoms with Crippen LogP contribution in [0.1, 0.15) is 37.2 Å². The van der Waals surface area contributed by atoms with Gasteiger partial charge in [-0.3, -0.25) is 0 Å². The van der Waals surface area contributed by atoms with Crippen LogP contribution in [0.4, 0.5) is 4.39 Å². The topological polar surface area (TPSA) is 68.4 Å². The molecule has 1 aromatic heterocycles. The summed E-state index contributed by atoms with van der Waals surface area (Å²) >= 11 is 0. The van der Waals surface area contributed by atoms with E-state index in [2.05, 4.69) is 10.1 Å². The first kappa shape index (κ1) is 13.5. The molecule has 0 radical (unpaired) electrons. The van der Waals surface area contributed by atoms with E-state index >= 15 is 0 Å². The van der Waals surface area contributed by atoms with Gasteiger partial charge in [-0.2, -0.15) is 4.98 Å². The zero-order valence-electron chi connectivity index (χ0n) is 10.8. The van der Waals surface area contributed by atoms with Gasteiger partial charge in [0.25, 0.3) is 5.89 Å². The monoisotopic (exact) mass is 266 g/mol. The number of hydrogen-bond donors (Lipinski definition) is 1. The molecule has 0 fully saturated rings. The van der Waals surface area contributed by atoms with Crippen LogP contribution < -0.4 is 4.74 Å². The van der Waals surface area contributed by atoms with Gasteiger partial charge in [-0.05, 0) is 19.1 Å². The first-order chi connectivity index (χ1) is 9.10. The minimum Gasteiger partial charge on any atom is -0.484 e. The summed E-state index contributed by atoms with van der Waals surface area (Å²) in [7, 11) is 0. The number of nitrogens with zero attached hydrogens (tertiary/aromatic N) is 2. The van der Waals surface area contributed by atoms with Crippen LogP contribution in [0.25, 0.3) is 0 Å². The summed E-state index contributed by atoms with van der Waals surface area (Å²) in [5, 5.41) is 13.0. The van der Waals surface area contributed by atoms with Crippen molar-refractivity contribution in [3.8, 4) is 5.75 Å². The molecule has 1 aromatic carbocycles. The molecule has 0 aliphatic heterocycles. The molecule has 19 heavy (non-hydrogen) atoms. The molecule has 0 unspecified atom stereocenters. The van der Waals surface area contributed by atoms with Gasteiger partial charge in [-0.1, -0.05) is 12.1 Å². The lowest BCUT2D eigenvalue weighted by Crippen LogP contribution is -1.99. The van der Waals surface area contributed by atoms with Gasteiger partial charge in [0.05, 0.1) is 6.10 Å². The van der Waals surface area contributed by atoms with E-state index in [9.17, 15) is 9.50 Å². The number of hydrogen-bond acceptors (Lipinski definition) is 5. The highest BCUT2D eigenvalue weighted by molar-refractivity contribution is 5.30. The quantitative estimate of drug-likeness (QED) is 0.900. The summed E-state index contributed by atoms with van der Waals surface area (Å²) in [6, 6.07) is 4.29. The Bertz CT molecular complexity index is 555. The van der Waals surface area contributed by atoms with E-state index in [-0.39, 0.29) is 12.2 Å². The Morgan fingerprint density at radius 1 is 1.47 bits per heavy atom. The van der Waals surface area contributed by atoms with Crippen LogP contribution in [0.3, 0.4) is 0 Å². The third kappa shape index (κ3) is 3.29. The predicted octanol–water partition coefficient (Wildman–Crippen LogP) is 2.40. The van der Waals surface area contributed by atoms with Crippen LogP contribution in [0.15, 0.2) is 22.7 Å². The average molecular weight is 266 g/mol. The molecule has 2 aromatic rings. The normalized spacial score (nSPS) is 12.4. The van der Waals surface area contributed by atoms with Gasteiger partial charge in [0.2, 0.25) is 0 Å². The van der Waals surface area contributed by atoms with Gasteiger partial charge in [0.1, 0.15) is 11.6 Å². The summed E-state index contributed by atoms with van der Waals surface area (Å²) in [6.45, 7) is 3.50. The summed E-state index contributed by atoms with van der Waals surface area (Å²) in [4.78, 5) is 4.08. The van der Waals surface area contributed by atoms with E-state index in [0.717, 1.165) is 0 Å². The van der Waals surface area contributed by atoms with Crippen LogP contribution >= 0.6 is 0 Å². The van der Waals surface area contributed by atoms with Crippen molar-refractivity contribution in [2.45, 2.75) is 33.0 Å². The Kier molecular flexibility index (Phi) is 4.11. The highest BCUT2D eigenvalue weighted by Gasteiger charge is 2.10. The molecule has 0 spiro atoms. The highest BCUT2D eigenvalue weighted by atomic mass is 19.1. The van der Waals surface area contributed by atoms with E-state index in [1.807, 2.05) is 6.92 Å². The second kappa shape index (κ2) is 5.79. The van der Waals surface area contributed by atoms with Crippen molar-refractivity contribution < 1.29 is 18.8 Å². The van der Waals surface area contributed by atoms with Crippen LogP contribution in [-0.2, 0) is 13.0 Å². The van der Waals surface area contributed by atoms with Crippen LogP contribution in [0, 0.1) is 5.82 Å². The van der Waals surface area contributed by atoms with E-state index in [4.69, 9.17) is 9.26 Å². The fourth-order valence-electron chi connectivity index (χ4n) is 1.57. The number of aliphatic hydroxyl groups excluding tert-OH is 1. The first-order valence-corrected chi connectivity index (χ1v) is 6.02. The molecule has 0 saturated heterocycles. The van der Waals surface area contributed by atoms with Gasteiger partial charge >= 0.3 is 0 Å². The Balaban J connectivity index is 2.01.